The number of benzene rings is 2. The van der Waals surface area contributed by atoms with Gasteiger partial charge in [0.1, 0.15) is 11.6 Å². The molecular formula is C27H39FN6O4. The highest BCUT2D eigenvalue weighted by atomic mass is 19.1. The Morgan fingerprint density at radius 1 is 0.868 bits per heavy atom. The molecule has 0 unspecified atom stereocenters. The van der Waals surface area contributed by atoms with Gasteiger partial charge in [0.2, 0.25) is 5.75 Å². The average Bonchev–Trinajstić information content (AvgIpc) is 2.93. The molecule has 2 aromatic carbocycles. The molecule has 3 aromatic rings. The zero-order chi connectivity index (χ0) is 27.3. The lowest BCUT2D eigenvalue weighted by Gasteiger charge is -2.14. The Bertz CT molecular complexity index is 1210. The summed E-state index contributed by atoms with van der Waals surface area (Å²) in [5.74, 6) is 1.09. The van der Waals surface area contributed by atoms with Crippen LogP contribution in [0.1, 0.15) is 25.7 Å². The fourth-order valence-electron chi connectivity index (χ4n) is 4.06. The SMILES string of the molecule is COc1cc(-c2nc3cc(NCCCNCCCCNCCCN)c(F)cc3c(=O)[nH]2)cc(OC)c1OC. The van der Waals surface area contributed by atoms with Crippen LogP contribution in [-0.2, 0) is 0 Å². The van der Waals surface area contributed by atoms with Crippen molar-refractivity contribution < 1.29 is 18.6 Å². The molecule has 0 aliphatic rings. The summed E-state index contributed by atoms with van der Waals surface area (Å²) < 4.78 is 30.9. The number of nitrogens with one attached hydrogen (secondary N) is 4. The number of H-pyrrole nitrogens is 1. The second kappa shape index (κ2) is 15.1. The van der Waals surface area contributed by atoms with Gasteiger partial charge in [-0.1, -0.05) is 0 Å². The van der Waals surface area contributed by atoms with Crippen molar-refractivity contribution in [2.24, 2.45) is 5.73 Å². The number of halogens is 1. The number of unbranched alkanes of at least 4 members (excludes halogenated alkanes) is 1. The molecule has 0 radical (unpaired) electrons. The van der Waals surface area contributed by atoms with Gasteiger partial charge >= 0.3 is 0 Å². The predicted octanol–water partition coefficient (Wildman–Crippen LogP) is 2.87. The van der Waals surface area contributed by atoms with Crippen molar-refractivity contribution in [2.75, 3.05) is 65.9 Å². The van der Waals surface area contributed by atoms with Crippen LogP contribution < -0.4 is 41.5 Å². The predicted molar refractivity (Wildman–Crippen MR) is 149 cm³/mol. The summed E-state index contributed by atoms with van der Waals surface area (Å²) in [5, 5.41) is 10.1. The minimum atomic E-state index is -0.500. The van der Waals surface area contributed by atoms with E-state index in [1.165, 1.54) is 27.4 Å². The number of methoxy groups -OCH3 is 3. The molecule has 10 nitrogen and oxygen atoms in total. The van der Waals surface area contributed by atoms with Gasteiger partial charge in [0.05, 0.1) is 37.9 Å². The number of rotatable bonds is 17. The van der Waals surface area contributed by atoms with Gasteiger partial charge in [0.25, 0.3) is 5.56 Å². The smallest absolute Gasteiger partial charge is 0.259 e. The molecule has 3 rings (SSSR count). The molecule has 0 spiro atoms. The van der Waals surface area contributed by atoms with Gasteiger partial charge in [-0.2, -0.15) is 0 Å². The first-order valence-electron chi connectivity index (χ1n) is 12.9. The monoisotopic (exact) mass is 530 g/mol. The Kier molecular flexibility index (Phi) is 11.6. The minimum absolute atomic E-state index is 0.170. The second-order valence-corrected chi connectivity index (χ2v) is 8.81. The molecule has 0 aliphatic heterocycles. The maximum Gasteiger partial charge on any atom is 0.259 e. The molecule has 0 fully saturated rings. The fraction of sp³-hybridized carbons (Fsp3) is 0.481. The number of fused-ring (bicyclic) bond motifs is 1. The molecule has 0 aliphatic carbocycles. The van der Waals surface area contributed by atoms with E-state index in [0.29, 0.717) is 46.4 Å². The first-order valence-corrected chi connectivity index (χ1v) is 12.9. The number of hydrogen-bond donors (Lipinski definition) is 5. The van der Waals surface area contributed by atoms with E-state index in [-0.39, 0.29) is 5.39 Å². The van der Waals surface area contributed by atoms with E-state index in [1.54, 1.807) is 18.2 Å². The van der Waals surface area contributed by atoms with E-state index in [2.05, 4.69) is 25.9 Å². The molecule has 0 saturated carbocycles. The van der Waals surface area contributed by atoms with E-state index in [0.717, 1.165) is 58.4 Å². The van der Waals surface area contributed by atoms with E-state index < -0.39 is 11.4 Å². The lowest BCUT2D eigenvalue weighted by molar-refractivity contribution is 0.324. The zero-order valence-electron chi connectivity index (χ0n) is 22.4. The van der Waals surface area contributed by atoms with Crippen LogP contribution in [0.25, 0.3) is 22.3 Å². The third-order valence-electron chi connectivity index (χ3n) is 6.09. The topological polar surface area (TPSA) is 136 Å². The number of nitrogens with two attached hydrogens (primary N) is 1. The maximum atomic E-state index is 14.7. The molecule has 0 bridgehead atoms. The highest BCUT2D eigenvalue weighted by molar-refractivity contribution is 5.83. The van der Waals surface area contributed by atoms with Gasteiger partial charge in [-0.05, 0) is 82.7 Å². The zero-order valence-corrected chi connectivity index (χ0v) is 22.4. The summed E-state index contributed by atoms with van der Waals surface area (Å²) in [5.41, 5.74) is 6.27. The van der Waals surface area contributed by atoms with Gasteiger partial charge in [0, 0.05) is 12.1 Å². The standard InChI is InChI=1S/C27H39FN6O4/c1-36-23-14-18(15-24(37-2)25(23)38-3)26-33-21-17-22(20(28)16-19(21)27(35)34-26)32-13-7-12-31-10-5-4-9-30-11-6-8-29/h14-17,30-32H,4-13,29H2,1-3H3,(H,33,34,35). The molecule has 6 N–H and O–H groups in total. The number of ether oxygens (including phenoxy) is 3. The molecule has 11 heteroatoms. The molecule has 38 heavy (non-hydrogen) atoms. The van der Waals surface area contributed by atoms with Crippen molar-refractivity contribution >= 4 is 16.6 Å². The summed E-state index contributed by atoms with van der Waals surface area (Å²) >= 11 is 0. The number of aromatic nitrogens is 2. The first-order chi connectivity index (χ1) is 18.5. The van der Waals surface area contributed by atoms with E-state index in [4.69, 9.17) is 19.9 Å². The van der Waals surface area contributed by atoms with Crippen LogP contribution in [0, 0.1) is 5.82 Å². The summed E-state index contributed by atoms with van der Waals surface area (Å²) in [7, 11) is 4.54. The van der Waals surface area contributed by atoms with Crippen molar-refractivity contribution in [3.8, 4) is 28.6 Å². The van der Waals surface area contributed by atoms with Crippen molar-refractivity contribution in [3.05, 3.63) is 40.4 Å². The molecule has 1 aromatic heterocycles. The first kappa shape index (κ1) is 29.2. The number of nitrogens with zero attached hydrogens (tertiary/aromatic N) is 1. The van der Waals surface area contributed by atoms with E-state index in [1.807, 2.05) is 0 Å². The van der Waals surface area contributed by atoms with Crippen molar-refractivity contribution in [3.63, 3.8) is 0 Å². The number of hydrogen-bond acceptors (Lipinski definition) is 9. The van der Waals surface area contributed by atoms with Crippen LogP contribution in [0.15, 0.2) is 29.1 Å². The maximum absolute atomic E-state index is 14.7. The third kappa shape index (κ3) is 7.80. The largest absolute Gasteiger partial charge is 0.493 e. The van der Waals surface area contributed by atoms with Gasteiger partial charge < -0.3 is 40.9 Å². The lowest BCUT2D eigenvalue weighted by Crippen LogP contribution is -2.22. The van der Waals surface area contributed by atoms with Crippen molar-refractivity contribution in [2.45, 2.75) is 25.7 Å². The molecular weight excluding hydrogens is 491 g/mol. The highest BCUT2D eigenvalue weighted by Gasteiger charge is 2.17. The van der Waals surface area contributed by atoms with E-state index >= 15 is 0 Å². The number of aromatic amines is 1. The van der Waals surface area contributed by atoms with Crippen LogP contribution >= 0.6 is 0 Å². The molecule has 0 saturated heterocycles. The molecule has 208 valence electrons. The fourth-order valence-corrected chi connectivity index (χ4v) is 4.06. The molecule has 0 atom stereocenters. The highest BCUT2D eigenvalue weighted by Crippen LogP contribution is 2.40. The van der Waals surface area contributed by atoms with Gasteiger partial charge in [-0.25, -0.2) is 9.37 Å². The van der Waals surface area contributed by atoms with Crippen LogP contribution in [-0.4, -0.2) is 70.6 Å². The Labute approximate surface area is 222 Å². The lowest BCUT2D eigenvalue weighted by atomic mass is 10.1. The summed E-state index contributed by atoms with van der Waals surface area (Å²) in [6, 6.07) is 6.16. The molecule has 1 heterocycles. The summed E-state index contributed by atoms with van der Waals surface area (Å²) in [6.07, 6.45) is 4.04. The van der Waals surface area contributed by atoms with Crippen LogP contribution in [0.5, 0.6) is 17.2 Å². The van der Waals surface area contributed by atoms with E-state index in [9.17, 15) is 9.18 Å². The quantitative estimate of drug-likeness (QED) is 0.167. The number of anilines is 1. The average molecular weight is 531 g/mol. The van der Waals surface area contributed by atoms with Gasteiger partial charge in [0.15, 0.2) is 11.5 Å². The van der Waals surface area contributed by atoms with Crippen LogP contribution in [0.3, 0.4) is 0 Å². The van der Waals surface area contributed by atoms with Gasteiger partial charge in [-0.15, -0.1) is 0 Å². The summed E-state index contributed by atoms with van der Waals surface area (Å²) in [6.45, 7) is 5.04. The minimum Gasteiger partial charge on any atom is -0.493 e. The van der Waals surface area contributed by atoms with Crippen LogP contribution in [0.2, 0.25) is 0 Å². The second-order valence-electron chi connectivity index (χ2n) is 8.81. The normalized spacial score (nSPS) is 11.1. The Morgan fingerprint density at radius 2 is 1.50 bits per heavy atom. The summed E-state index contributed by atoms with van der Waals surface area (Å²) in [4.78, 5) is 20.1. The Morgan fingerprint density at radius 3 is 2.11 bits per heavy atom. The third-order valence-corrected chi connectivity index (χ3v) is 6.09. The van der Waals surface area contributed by atoms with Gasteiger partial charge in [-0.3, -0.25) is 4.79 Å². The Balaban J connectivity index is 1.61. The van der Waals surface area contributed by atoms with Crippen molar-refractivity contribution in [1.29, 1.82) is 0 Å². The Hall–Kier alpha value is -3.41. The van der Waals surface area contributed by atoms with Crippen LogP contribution in [0.4, 0.5) is 10.1 Å². The van der Waals surface area contributed by atoms with Crippen molar-refractivity contribution in [1.82, 2.24) is 20.6 Å². The molecule has 0 amide bonds.